The van der Waals surface area contributed by atoms with Crippen LogP contribution in [0.15, 0.2) is 33.9 Å². The molecule has 2 aromatic rings. The average Bonchev–Trinajstić information content (AvgIpc) is 2.49. The fourth-order valence-corrected chi connectivity index (χ4v) is 2.26. The van der Waals surface area contributed by atoms with Crippen molar-refractivity contribution in [1.82, 2.24) is 15.1 Å². The maximum Gasteiger partial charge on any atom is 0.273 e. The number of fused-ring (bicyclic) bond motifs is 1. The van der Waals surface area contributed by atoms with Gasteiger partial charge < -0.3 is 10.1 Å². The number of carbonyl (C=O) groups is 1. The number of nitrogens with zero attached hydrogens (tertiary/aromatic N) is 1. The zero-order chi connectivity index (χ0) is 16.1. The number of aromatic nitrogens is 2. The number of benzene rings is 1. The van der Waals surface area contributed by atoms with Gasteiger partial charge in [0.05, 0.1) is 23.9 Å². The van der Waals surface area contributed by atoms with E-state index >= 15 is 0 Å². The fraction of sp³-hybridized carbons (Fsp3) is 0.400. The highest BCUT2D eigenvalue weighted by Gasteiger charge is 2.10. The summed E-state index contributed by atoms with van der Waals surface area (Å²) in [4.78, 5) is 36.0. The summed E-state index contributed by atoms with van der Waals surface area (Å²) in [5, 5.41) is 5.94. The highest BCUT2D eigenvalue weighted by molar-refractivity contribution is 5.80. The predicted octanol–water partition coefficient (Wildman–Crippen LogP) is 0.231. The van der Waals surface area contributed by atoms with Gasteiger partial charge in [-0.1, -0.05) is 12.1 Å². The van der Waals surface area contributed by atoms with Crippen LogP contribution in [0.5, 0.6) is 0 Å². The molecule has 0 saturated carbocycles. The lowest BCUT2D eigenvalue weighted by molar-refractivity contribution is -0.122. The summed E-state index contributed by atoms with van der Waals surface area (Å²) in [6.45, 7) is 2.36. The Bertz CT molecular complexity index is 778. The average molecular weight is 305 g/mol. The highest BCUT2D eigenvalue weighted by atomic mass is 16.5. The third kappa shape index (κ3) is 3.62. The molecule has 2 N–H and O–H groups in total. The lowest BCUT2D eigenvalue weighted by Crippen LogP contribution is -2.37. The van der Waals surface area contributed by atoms with E-state index in [4.69, 9.17) is 4.74 Å². The lowest BCUT2D eigenvalue weighted by Gasteiger charge is -2.13. The molecular formula is C15H19N3O4. The van der Waals surface area contributed by atoms with Crippen molar-refractivity contribution in [3.05, 3.63) is 45.0 Å². The van der Waals surface area contributed by atoms with Gasteiger partial charge in [0.2, 0.25) is 5.91 Å². The standard InChI is InChI=1S/C15H19N3O4/c1-10(9-22-2)16-13(19)7-8-18-15(21)12-6-4-3-5-11(12)14(20)17-18/h3-6,10H,7-9H2,1-2H3,(H,16,19)(H,17,20)/t10-/m1/s1. The monoisotopic (exact) mass is 305 g/mol. The second kappa shape index (κ2) is 7.04. The van der Waals surface area contributed by atoms with Crippen LogP contribution in [-0.2, 0) is 16.1 Å². The van der Waals surface area contributed by atoms with Crippen LogP contribution < -0.4 is 16.4 Å². The molecule has 0 aliphatic carbocycles. The Morgan fingerprint density at radius 3 is 2.68 bits per heavy atom. The van der Waals surface area contributed by atoms with Crippen LogP contribution >= 0.6 is 0 Å². The minimum Gasteiger partial charge on any atom is -0.383 e. The topological polar surface area (TPSA) is 93.2 Å². The molecule has 0 fully saturated rings. The number of ether oxygens (including phenoxy) is 1. The zero-order valence-corrected chi connectivity index (χ0v) is 12.6. The van der Waals surface area contributed by atoms with Crippen molar-refractivity contribution in [3.63, 3.8) is 0 Å². The number of amides is 1. The van der Waals surface area contributed by atoms with E-state index < -0.39 is 0 Å². The number of aryl methyl sites for hydroxylation is 1. The third-order valence-corrected chi connectivity index (χ3v) is 3.27. The van der Waals surface area contributed by atoms with Gasteiger partial charge in [0.1, 0.15) is 0 Å². The van der Waals surface area contributed by atoms with Gasteiger partial charge in [0.25, 0.3) is 11.1 Å². The molecular weight excluding hydrogens is 286 g/mol. The van der Waals surface area contributed by atoms with Crippen LogP contribution in [0.3, 0.4) is 0 Å². The first-order chi connectivity index (χ1) is 10.5. The van der Waals surface area contributed by atoms with Crippen molar-refractivity contribution in [2.24, 2.45) is 0 Å². The molecule has 0 unspecified atom stereocenters. The Morgan fingerprint density at radius 1 is 1.32 bits per heavy atom. The molecule has 0 bridgehead atoms. The minimum atomic E-state index is -0.344. The summed E-state index contributed by atoms with van der Waals surface area (Å²) < 4.78 is 6.10. The van der Waals surface area contributed by atoms with Crippen LogP contribution in [0.25, 0.3) is 10.8 Å². The summed E-state index contributed by atoms with van der Waals surface area (Å²) in [6, 6.07) is 6.49. The SMILES string of the molecule is COC[C@@H](C)NC(=O)CCn1[nH]c(=O)c2ccccc2c1=O. The van der Waals surface area contributed by atoms with Crippen molar-refractivity contribution >= 4 is 16.7 Å². The van der Waals surface area contributed by atoms with Crippen molar-refractivity contribution in [3.8, 4) is 0 Å². The number of hydrogen-bond acceptors (Lipinski definition) is 4. The van der Waals surface area contributed by atoms with E-state index in [0.717, 1.165) is 0 Å². The van der Waals surface area contributed by atoms with E-state index in [0.29, 0.717) is 17.4 Å². The molecule has 0 aliphatic rings. The predicted molar refractivity (Wildman–Crippen MR) is 82.9 cm³/mol. The molecule has 0 saturated heterocycles. The molecule has 1 aromatic carbocycles. The maximum atomic E-state index is 12.3. The van der Waals surface area contributed by atoms with Gasteiger partial charge in [-0.15, -0.1) is 0 Å². The molecule has 1 atom stereocenters. The molecule has 22 heavy (non-hydrogen) atoms. The van der Waals surface area contributed by atoms with Gasteiger partial charge >= 0.3 is 0 Å². The number of methoxy groups -OCH3 is 1. The molecule has 1 amide bonds. The second-order valence-corrected chi connectivity index (χ2v) is 5.12. The zero-order valence-electron chi connectivity index (χ0n) is 12.6. The van der Waals surface area contributed by atoms with Gasteiger partial charge in [-0.05, 0) is 19.1 Å². The quantitative estimate of drug-likeness (QED) is 0.799. The van der Waals surface area contributed by atoms with Gasteiger partial charge in [0.15, 0.2) is 0 Å². The van der Waals surface area contributed by atoms with E-state index in [1.165, 1.54) is 4.68 Å². The van der Waals surface area contributed by atoms with Gasteiger partial charge in [-0.2, -0.15) is 0 Å². The van der Waals surface area contributed by atoms with Crippen molar-refractivity contribution in [2.45, 2.75) is 25.9 Å². The van der Waals surface area contributed by atoms with E-state index in [-0.39, 0.29) is 36.0 Å². The molecule has 7 nitrogen and oxygen atoms in total. The van der Waals surface area contributed by atoms with Crippen molar-refractivity contribution in [1.29, 1.82) is 0 Å². The summed E-state index contributed by atoms with van der Waals surface area (Å²) in [5.74, 6) is -0.203. The number of aromatic amines is 1. The first kappa shape index (κ1) is 16.0. The molecule has 7 heteroatoms. The maximum absolute atomic E-state index is 12.3. The molecule has 1 heterocycles. The Labute approximate surface area is 126 Å². The molecule has 2 rings (SSSR count). The molecule has 0 aliphatic heterocycles. The van der Waals surface area contributed by atoms with E-state index in [9.17, 15) is 14.4 Å². The van der Waals surface area contributed by atoms with Gasteiger partial charge in [-0.25, -0.2) is 4.68 Å². The Hall–Kier alpha value is -2.41. The normalized spacial score (nSPS) is 12.3. The van der Waals surface area contributed by atoms with Crippen LogP contribution in [0.4, 0.5) is 0 Å². The summed E-state index contributed by atoms with van der Waals surface area (Å²) in [7, 11) is 1.56. The van der Waals surface area contributed by atoms with Crippen LogP contribution in [0, 0.1) is 0 Å². The van der Waals surface area contributed by atoms with E-state index in [2.05, 4.69) is 10.4 Å². The number of carbonyl (C=O) groups excluding carboxylic acids is 1. The molecule has 0 spiro atoms. The van der Waals surface area contributed by atoms with Crippen LogP contribution in [0.2, 0.25) is 0 Å². The van der Waals surface area contributed by atoms with Crippen molar-refractivity contribution < 1.29 is 9.53 Å². The Kier molecular flexibility index (Phi) is 5.11. The minimum absolute atomic E-state index is 0.0994. The Morgan fingerprint density at radius 2 is 2.00 bits per heavy atom. The van der Waals surface area contributed by atoms with Crippen LogP contribution in [0.1, 0.15) is 13.3 Å². The first-order valence-corrected chi connectivity index (χ1v) is 7.03. The largest absolute Gasteiger partial charge is 0.383 e. The van der Waals surface area contributed by atoms with E-state index in [1.54, 1.807) is 31.4 Å². The summed E-state index contributed by atoms with van der Waals surface area (Å²) in [6.07, 6.45) is 0.0994. The van der Waals surface area contributed by atoms with E-state index in [1.807, 2.05) is 6.92 Å². The lowest BCUT2D eigenvalue weighted by atomic mass is 10.2. The fourth-order valence-electron chi connectivity index (χ4n) is 2.26. The third-order valence-electron chi connectivity index (χ3n) is 3.27. The first-order valence-electron chi connectivity index (χ1n) is 7.03. The highest BCUT2D eigenvalue weighted by Crippen LogP contribution is 2.02. The number of nitrogens with one attached hydrogen (secondary N) is 2. The summed E-state index contributed by atoms with van der Waals surface area (Å²) in [5.41, 5.74) is -0.656. The van der Waals surface area contributed by atoms with Gasteiger partial charge in [0, 0.05) is 19.6 Å². The van der Waals surface area contributed by atoms with Crippen LogP contribution in [-0.4, -0.2) is 35.4 Å². The molecule has 0 radical (unpaired) electrons. The van der Waals surface area contributed by atoms with Gasteiger partial charge in [-0.3, -0.25) is 19.5 Å². The number of H-pyrrole nitrogens is 1. The number of rotatable bonds is 6. The van der Waals surface area contributed by atoms with Crippen molar-refractivity contribution in [2.75, 3.05) is 13.7 Å². The second-order valence-electron chi connectivity index (χ2n) is 5.12. The molecule has 1 aromatic heterocycles. The smallest absolute Gasteiger partial charge is 0.273 e. The summed E-state index contributed by atoms with van der Waals surface area (Å²) >= 11 is 0. The Balaban J connectivity index is 2.13. The molecule has 118 valence electrons. The number of hydrogen-bond donors (Lipinski definition) is 2.